The standard InChI is InChI=1S/C35H30ClN5O3/c36-28-12-10-26(11-13-28)27-5-3-4-25(22-27)23-38-18-20-39(21-19-38)29-14-8-24(9-15-29)16-17-40-33-32(37-41(40)44)34(42)30-6-1-2-7-31(30)35(33)43/h1-15,22H,16-21,23H2. The van der Waals surface area contributed by atoms with E-state index in [-0.39, 0.29) is 29.3 Å². The Morgan fingerprint density at radius 2 is 1.45 bits per heavy atom. The van der Waals surface area contributed by atoms with Crippen LogP contribution in [0.5, 0.6) is 0 Å². The normalized spacial score (nSPS) is 14.9. The van der Waals surface area contributed by atoms with Gasteiger partial charge in [0, 0.05) is 64.6 Å². The van der Waals surface area contributed by atoms with Crippen LogP contribution in [0.1, 0.15) is 43.2 Å². The van der Waals surface area contributed by atoms with Crippen molar-refractivity contribution in [3.8, 4) is 11.1 Å². The molecule has 2 heterocycles. The van der Waals surface area contributed by atoms with E-state index in [9.17, 15) is 14.8 Å². The lowest BCUT2D eigenvalue weighted by Crippen LogP contribution is -2.45. The molecule has 7 rings (SSSR count). The van der Waals surface area contributed by atoms with Gasteiger partial charge in [0.05, 0.1) is 6.54 Å². The van der Waals surface area contributed by atoms with Gasteiger partial charge in [-0.25, -0.2) is 0 Å². The summed E-state index contributed by atoms with van der Waals surface area (Å²) in [4.78, 5) is 31.3. The SMILES string of the molecule is O=C1c2ccccc2C(=O)c2c1n[n+]([O-])n2CCc1ccc(N2CCN(Cc3cccc(-c4ccc(Cl)cc4)c3)CC2)cc1. The molecule has 9 heteroatoms. The van der Waals surface area contributed by atoms with E-state index in [0.717, 1.165) is 54.6 Å². The molecule has 0 atom stereocenters. The molecule has 1 saturated heterocycles. The average molecular weight is 604 g/mol. The van der Waals surface area contributed by atoms with E-state index in [1.807, 2.05) is 12.1 Å². The number of rotatable bonds is 7. The summed E-state index contributed by atoms with van der Waals surface area (Å²) in [5, 5.41) is 17.2. The second-order valence-corrected chi connectivity index (χ2v) is 11.7. The van der Waals surface area contributed by atoms with Crippen molar-refractivity contribution in [1.82, 2.24) is 14.7 Å². The summed E-state index contributed by atoms with van der Waals surface area (Å²) in [5.74, 6) is -0.740. The van der Waals surface area contributed by atoms with Gasteiger partial charge in [0.25, 0.3) is 0 Å². The molecular weight excluding hydrogens is 574 g/mol. The van der Waals surface area contributed by atoms with Crippen molar-refractivity contribution in [3.63, 3.8) is 0 Å². The third kappa shape index (κ3) is 5.38. The number of halogens is 1. The monoisotopic (exact) mass is 603 g/mol. The number of anilines is 1. The Morgan fingerprint density at radius 1 is 0.750 bits per heavy atom. The van der Waals surface area contributed by atoms with Crippen LogP contribution in [0.4, 0.5) is 5.69 Å². The molecule has 44 heavy (non-hydrogen) atoms. The van der Waals surface area contributed by atoms with Gasteiger partial charge in [0.1, 0.15) is 0 Å². The van der Waals surface area contributed by atoms with Crippen LogP contribution in [0, 0.1) is 5.21 Å². The quantitative estimate of drug-likeness (QED) is 0.185. The Bertz CT molecular complexity index is 1860. The zero-order chi connectivity index (χ0) is 30.2. The zero-order valence-electron chi connectivity index (χ0n) is 24.0. The molecule has 0 unspecified atom stereocenters. The maximum atomic E-state index is 13.1. The van der Waals surface area contributed by atoms with Crippen molar-refractivity contribution in [2.75, 3.05) is 31.1 Å². The number of nitrogens with zero attached hydrogens (tertiary/aromatic N) is 5. The predicted molar refractivity (Wildman–Crippen MR) is 169 cm³/mol. The number of piperazine rings is 1. The Kier molecular flexibility index (Phi) is 7.46. The van der Waals surface area contributed by atoms with Gasteiger partial charge < -0.3 is 10.1 Å². The fraction of sp³-hybridized carbons (Fsp3) is 0.200. The maximum Gasteiger partial charge on any atom is 0.220 e. The fourth-order valence-electron chi connectivity index (χ4n) is 6.13. The zero-order valence-corrected chi connectivity index (χ0v) is 24.8. The minimum atomic E-state index is -0.394. The van der Waals surface area contributed by atoms with Crippen molar-refractivity contribution in [1.29, 1.82) is 0 Å². The highest BCUT2D eigenvalue weighted by atomic mass is 35.5. The number of aromatic nitrogens is 3. The third-order valence-corrected chi connectivity index (χ3v) is 8.77. The van der Waals surface area contributed by atoms with E-state index >= 15 is 0 Å². The van der Waals surface area contributed by atoms with Gasteiger partial charge >= 0.3 is 0 Å². The van der Waals surface area contributed by atoms with Crippen LogP contribution in [0.25, 0.3) is 11.1 Å². The first-order chi connectivity index (χ1) is 21.4. The summed E-state index contributed by atoms with van der Waals surface area (Å²) < 4.78 is 1.27. The first-order valence-corrected chi connectivity index (χ1v) is 15.1. The van der Waals surface area contributed by atoms with Crippen molar-refractivity contribution in [2.45, 2.75) is 19.5 Å². The maximum absolute atomic E-state index is 13.1. The fourth-order valence-corrected chi connectivity index (χ4v) is 6.25. The molecule has 0 N–H and O–H groups in total. The number of carbonyl (C=O) groups excluding carboxylic acids is 2. The highest BCUT2D eigenvalue weighted by molar-refractivity contribution is 6.30. The van der Waals surface area contributed by atoms with Crippen LogP contribution in [-0.2, 0) is 19.5 Å². The summed E-state index contributed by atoms with van der Waals surface area (Å²) >= 11 is 6.06. The summed E-state index contributed by atoms with van der Waals surface area (Å²) in [7, 11) is 0. The average Bonchev–Trinajstić information content (AvgIpc) is 3.40. The lowest BCUT2D eigenvalue weighted by atomic mass is 9.90. The van der Waals surface area contributed by atoms with Crippen molar-refractivity contribution in [2.24, 2.45) is 0 Å². The summed E-state index contributed by atoms with van der Waals surface area (Å²) in [6.07, 6.45) is 0.525. The molecule has 2 aliphatic rings. The Labute approximate surface area is 260 Å². The topological polar surface area (TPSA) is 85.4 Å². The summed E-state index contributed by atoms with van der Waals surface area (Å²) in [5.41, 5.74) is 6.43. The molecule has 0 radical (unpaired) electrons. The molecular formula is C35H30ClN5O3. The van der Waals surface area contributed by atoms with Crippen molar-refractivity contribution < 1.29 is 14.5 Å². The van der Waals surface area contributed by atoms with Gasteiger partial charge in [-0.3, -0.25) is 14.5 Å². The molecule has 1 aromatic heterocycles. The summed E-state index contributed by atoms with van der Waals surface area (Å²) in [6, 6.07) is 31.6. The molecule has 0 amide bonds. The number of benzene rings is 4. The molecule has 4 aromatic carbocycles. The molecule has 1 aliphatic heterocycles. The minimum absolute atomic E-state index is 0.0647. The van der Waals surface area contributed by atoms with Crippen LogP contribution in [0.15, 0.2) is 97.1 Å². The number of fused-ring (bicyclic) bond motifs is 2. The first-order valence-electron chi connectivity index (χ1n) is 14.7. The first kappa shape index (κ1) is 28.0. The molecule has 5 aromatic rings. The van der Waals surface area contributed by atoms with Crippen molar-refractivity contribution >= 4 is 28.9 Å². The smallest absolute Gasteiger partial charge is 0.220 e. The molecule has 1 aliphatic carbocycles. The van der Waals surface area contributed by atoms with Gasteiger partial charge in [0.2, 0.25) is 17.3 Å². The van der Waals surface area contributed by atoms with Crippen LogP contribution < -0.4 is 9.86 Å². The van der Waals surface area contributed by atoms with Gasteiger partial charge in [-0.1, -0.05) is 78.3 Å². The van der Waals surface area contributed by atoms with Crippen LogP contribution >= 0.6 is 11.6 Å². The van der Waals surface area contributed by atoms with Gasteiger partial charge in [0.15, 0.2) is 5.69 Å². The van der Waals surface area contributed by atoms with E-state index in [1.165, 1.54) is 15.8 Å². The number of hydrogen-bond acceptors (Lipinski definition) is 6. The number of hydrogen-bond donors (Lipinski definition) is 0. The Hall–Kier alpha value is -4.79. The lowest BCUT2D eigenvalue weighted by Gasteiger charge is -2.36. The second-order valence-electron chi connectivity index (χ2n) is 11.3. The highest BCUT2D eigenvalue weighted by Crippen LogP contribution is 2.26. The van der Waals surface area contributed by atoms with Gasteiger partial charge in [-0.2, -0.15) is 0 Å². The number of ketones is 2. The highest BCUT2D eigenvalue weighted by Gasteiger charge is 2.39. The largest absolute Gasteiger partial charge is 0.571 e. The summed E-state index contributed by atoms with van der Waals surface area (Å²) in [6.45, 7) is 4.96. The van der Waals surface area contributed by atoms with Crippen molar-refractivity contribution in [3.05, 3.63) is 141 Å². The molecule has 220 valence electrons. The second kappa shape index (κ2) is 11.7. The van der Waals surface area contributed by atoms with Crippen LogP contribution in [0.2, 0.25) is 5.02 Å². The predicted octanol–water partition coefficient (Wildman–Crippen LogP) is 5.18. The van der Waals surface area contributed by atoms with E-state index < -0.39 is 5.78 Å². The molecule has 0 saturated carbocycles. The number of carbonyl (C=O) groups is 2. The third-order valence-electron chi connectivity index (χ3n) is 8.52. The Balaban J connectivity index is 0.957. The van der Waals surface area contributed by atoms with Gasteiger partial charge in [-0.15, -0.1) is 4.68 Å². The molecule has 0 spiro atoms. The molecule has 8 nitrogen and oxygen atoms in total. The lowest BCUT2D eigenvalue weighted by molar-refractivity contribution is -0.749. The van der Waals surface area contributed by atoms with E-state index in [4.69, 9.17) is 11.6 Å². The van der Waals surface area contributed by atoms with E-state index in [1.54, 1.807) is 24.3 Å². The Morgan fingerprint density at radius 3 is 2.18 bits per heavy atom. The molecule has 1 fully saturated rings. The van der Waals surface area contributed by atoms with Crippen LogP contribution in [0.3, 0.4) is 0 Å². The van der Waals surface area contributed by atoms with Crippen LogP contribution in [-0.4, -0.2) is 52.4 Å². The van der Waals surface area contributed by atoms with E-state index in [0.29, 0.717) is 16.9 Å². The molecule has 0 bridgehead atoms. The van der Waals surface area contributed by atoms with Gasteiger partial charge in [-0.05, 0) is 59.0 Å². The number of aryl methyl sites for hydroxylation is 1. The minimum Gasteiger partial charge on any atom is -0.571 e. The van der Waals surface area contributed by atoms with E-state index in [2.05, 4.69) is 75.6 Å².